The zero-order valence-corrected chi connectivity index (χ0v) is 16.6. The number of hydrogen-bond donors (Lipinski definition) is 2. The number of carbonyl (C=O) groups excluding carboxylic acids is 1. The summed E-state index contributed by atoms with van der Waals surface area (Å²) in [6.45, 7) is 4.83. The summed E-state index contributed by atoms with van der Waals surface area (Å²) in [6, 6.07) is 3.40. The normalized spacial score (nSPS) is 17.3. The average Bonchev–Trinajstić information content (AvgIpc) is 2.65. The quantitative estimate of drug-likeness (QED) is 0.675. The number of piperidine rings is 1. The number of nitrogens with one attached hydrogen (secondary N) is 2. The van der Waals surface area contributed by atoms with Gasteiger partial charge in [0.25, 0.3) is 0 Å². The van der Waals surface area contributed by atoms with Gasteiger partial charge in [-0.25, -0.2) is 13.1 Å². The van der Waals surface area contributed by atoms with E-state index in [0.717, 1.165) is 37.8 Å². The van der Waals surface area contributed by atoms with Crippen molar-refractivity contribution in [2.75, 3.05) is 32.7 Å². The molecule has 1 heterocycles. The van der Waals surface area contributed by atoms with Crippen molar-refractivity contribution in [2.45, 2.75) is 37.3 Å². The lowest BCUT2D eigenvalue weighted by Gasteiger charge is -2.29. The number of amides is 1. The van der Waals surface area contributed by atoms with E-state index in [2.05, 4.69) is 10.2 Å². The fraction of sp³-hybridized carbons (Fsp3) is 0.611. The molecule has 158 valence electrons. The second kappa shape index (κ2) is 9.71. The van der Waals surface area contributed by atoms with Gasteiger partial charge in [0, 0.05) is 13.1 Å². The van der Waals surface area contributed by atoms with Crippen LogP contribution in [0.1, 0.15) is 31.7 Å². The zero-order chi connectivity index (χ0) is 20.8. The van der Waals surface area contributed by atoms with Crippen LogP contribution in [0.3, 0.4) is 0 Å². The Morgan fingerprint density at radius 1 is 1.21 bits per heavy atom. The summed E-state index contributed by atoms with van der Waals surface area (Å²) >= 11 is 0. The van der Waals surface area contributed by atoms with Crippen LogP contribution in [0.2, 0.25) is 0 Å². The van der Waals surface area contributed by atoms with Crippen molar-refractivity contribution in [2.24, 2.45) is 5.92 Å². The lowest BCUT2D eigenvalue weighted by Crippen LogP contribution is -2.41. The predicted octanol–water partition coefficient (Wildman–Crippen LogP) is 2.22. The standard InChI is InChI=1S/C18H26F3N3O3S/c1-14(13-24-8-3-2-4-9-24)11-22-17(25)12-23-28(26,27)16-7-5-6-15(10-16)18(19,20)21/h5-7,10,14,23H,2-4,8-9,11-13H2,1H3,(H,22,25). The molecule has 2 N–H and O–H groups in total. The van der Waals surface area contributed by atoms with E-state index in [-0.39, 0.29) is 5.92 Å². The van der Waals surface area contributed by atoms with Gasteiger partial charge in [0.05, 0.1) is 17.0 Å². The van der Waals surface area contributed by atoms with E-state index >= 15 is 0 Å². The number of alkyl halides is 3. The Hall–Kier alpha value is -1.65. The van der Waals surface area contributed by atoms with Crippen molar-refractivity contribution in [3.8, 4) is 0 Å². The number of nitrogens with zero attached hydrogens (tertiary/aromatic N) is 1. The van der Waals surface area contributed by atoms with E-state index in [9.17, 15) is 26.4 Å². The van der Waals surface area contributed by atoms with E-state index in [0.29, 0.717) is 12.6 Å². The molecule has 0 aromatic heterocycles. The van der Waals surface area contributed by atoms with Gasteiger partial charge in [-0.15, -0.1) is 0 Å². The highest BCUT2D eigenvalue weighted by Crippen LogP contribution is 2.30. The minimum absolute atomic E-state index is 0.210. The van der Waals surface area contributed by atoms with Crippen LogP contribution in [0.25, 0.3) is 0 Å². The highest BCUT2D eigenvalue weighted by molar-refractivity contribution is 7.89. The maximum atomic E-state index is 12.7. The average molecular weight is 421 g/mol. The fourth-order valence-corrected chi connectivity index (χ4v) is 4.11. The summed E-state index contributed by atoms with van der Waals surface area (Å²) in [5.74, 6) is -0.317. The zero-order valence-electron chi connectivity index (χ0n) is 15.8. The molecule has 1 unspecified atom stereocenters. The smallest absolute Gasteiger partial charge is 0.355 e. The second-order valence-electron chi connectivity index (χ2n) is 7.12. The summed E-state index contributed by atoms with van der Waals surface area (Å²) in [5.41, 5.74) is -1.06. The molecule has 1 saturated heterocycles. The third-order valence-corrected chi connectivity index (χ3v) is 5.96. The topological polar surface area (TPSA) is 78.5 Å². The first-order valence-electron chi connectivity index (χ1n) is 9.24. The van der Waals surface area contributed by atoms with Crippen LogP contribution in [0.15, 0.2) is 29.2 Å². The number of benzene rings is 1. The third kappa shape index (κ3) is 7.06. The van der Waals surface area contributed by atoms with Crippen molar-refractivity contribution in [1.29, 1.82) is 0 Å². The number of halogens is 3. The van der Waals surface area contributed by atoms with Crippen molar-refractivity contribution in [3.05, 3.63) is 29.8 Å². The lowest BCUT2D eigenvalue weighted by molar-refractivity contribution is -0.137. The van der Waals surface area contributed by atoms with Gasteiger partial charge in [-0.2, -0.15) is 13.2 Å². The Kier molecular flexibility index (Phi) is 7.85. The SMILES string of the molecule is CC(CNC(=O)CNS(=O)(=O)c1cccc(C(F)(F)F)c1)CN1CCCCC1. The largest absolute Gasteiger partial charge is 0.416 e. The molecule has 0 radical (unpaired) electrons. The maximum Gasteiger partial charge on any atom is 0.416 e. The summed E-state index contributed by atoms with van der Waals surface area (Å²) in [6.07, 6.45) is -1.05. The number of rotatable bonds is 8. The molecule has 1 aromatic carbocycles. The van der Waals surface area contributed by atoms with E-state index in [1.165, 1.54) is 19.3 Å². The molecule has 1 fully saturated rings. The van der Waals surface area contributed by atoms with Crippen molar-refractivity contribution in [3.63, 3.8) is 0 Å². The molecule has 10 heteroatoms. The molecule has 1 aliphatic heterocycles. The predicted molar refractivity (Wildman–Crippen MR) is 99.1 cm³/mol. The Balaban J connectivity index is 1.81. The molecule has 0 saturated carbocycles. The van der Waals surface area contributed by atoms with Crippen LogP contribution < -0.4 is 10.0 Å². The minimum Gasteiger partial charge on any atom is -0.355 e. The molecule has 2 rings (SSSR count). The lowest BCUT2D eigenvalue weighted by atomic mass is 10.1. The molecule has 1 aliphatic rings. The molecule has 0 aliphatic carbocycles. The van der Waals surface area contributed by atoms with Crippen LogP contribution in [0, 0.1) is 5.92 Å². The van der Waals surface area contributed by atoms with E-state index < -0.39 is 39.1 Å². The van der Waals surface area contributed by atoms with Crippen LogP contribution in [0.5, 0.6) is 0 Å². The first kappa shape index (κ1) is 22.6. The van der Waals surface area contributed by atoms with Gasteiger partial charge in [-0.05, 0) is 50.0 Å². The molecule has 0 bridgehead atoms. The van der Waals surface area contributed by atoms with Crippen LogP contribution >= 0.6 is 0 Å². The van der Waals surface area contributed by atoms with E-state index in [1.54, 1.807) is 0 Å². The molecule has 28 heavy (non-hydrogen) atoms. The third-order valence-electron chi connectivity index (χ3n) is 4.56. The highest BCUT2D eigenvalue weighted by atomic mass is 32.2. The molecule has 0 spiro atoms. The summed E-state index contributed by atoms with van der Waals surface area (Å²) < 4.78 is 64.5. The molecule has 1 atom stereocenters. The summed E-state index contributed by atoms with van der Waals surface area (Å²) in [7, 11) is -4.22. The van der Waals surface area contributed by atoms with Gasteiger partial charge in [0.2, 0.25) is 15.9 Å². The number of sulfonamides is 1. The fourth-order valence-electron chi connectivity index (χ4n) is 3.08. The van der Waals surface area contributed by atoms with Gasteiger partial charge in [0.1, 0.15) is 0 Å². The van der Waals surface area contributed by atoms with E-state index in [4.69, 9.17) is 0 Å². The Bertz CT molecular complexity index is 763. The monoisotopic (exact) mass is 421 g/mol. The Morgan fingerprint density at radius 3 is 2.54 bits per heavy atom. The summed E-state index contributed by atoms with van der Waals surface area (Å²) in [4.78, 5) is 13.7. The molecule has 1 amide bonds. The van der Waals surface area contributed by atoms with Crippen molar-refractivity contribution >= 4 is 15.9 Å². The second-order valence-corrected chi connectivity index (χ2v) is 8.89. The minimum atomic E-state index is -4.65. The molecular formula is C18H26F3N3O3S. The van der Waals surface area contributed by atoms with Crippen molar-refractivity contribution in [1.82, 2.24) is 14.9 Å². The molecule has 1 aromatic rings. The van der Waals surface area contributed by atoms with Crippen LogP contribution in [0.4, 0.5) is 13.2 Å². The number of carbonyl (C=O) groups is 1. The van der Waals surface area contributed by atoms with Gasteiger partial charge >= 0.3 is 6.18 Å². The van der Waals surface area contributed by atoms with Gasteiger partial charge in [-0.1, -0.05) is 19.4 Å². The van der Waals surface area contributed by atoms with Gasteiger partial charge in [-0.3, -0.25) is 4.79 Å². The van der Waals surface area contributed by atoms with Gasteiger partial charge < -0.3 is 10.2 Å². The molecular weight excluding hydrogens is 395 g/mol. The Morgan fingerprint density at radius 2 is 1.89 bits per heavy atom. The first-order valence-corrected chi connectivity index (χ1v) is 10.7. The maximum absolute atomic E-state index is 12.7. The van der Waals surface area contributed by atoms with Gasteiger partial charge in [0.15, 0.2) is 0 Å². The Labute approximate surface area is 163 Å². The highest BCUT2D eigenvalue weighted by Gasteiger charge is 2.31. The number of likely N-dealkylation sites (tertiary alicyclic amines) is 1. The van der Waals surface area contributed by atoms with E-state index in [1.807, 2.05) is 11.6 Å². The van der Waals surface area contributed by atoms with Crippen LogP contribution in [-0.4, -0.2) is 51.9 Å². The first-order chi connectivity index (χ1) is 13.1. The van der Waals surface area contributed by atoms with Crippen molar-refractivity contribution < 1.29 is 26.4 Å². The van der Waals surface area contributed by atoms with Crippen LogP contribution in [-0.2, 0) is 21.0 Å². The molecule has 6 nitrogen and oxygen atoms in total. The summed E-state index contributed by atoms with van der Waals surface area (Å²) in [5, 5.41) is 2.66. The number of hydrogen-bond acceptors (Lipinski definition) is 4.